The minimum absolute atomic E-state index is 0.187. The van der Waals surface area contributed by atoms with Crippen LogP contribution in [0.5, 0.6) is 11.6 Å². The number of hydrogen-bond acceptors (Lipinski definition) is 5. The van der Waals surface area contributed by atoms with E-state index >= 15 is 0 Å². The molecule has 35 heavy (non-hydrogen) atoms. The van der Waals surface area contributed by atoms with Crippen LogP contribution < -0.4 is 15.4 Å². The summed E-state index contributed by atoms with van der Waals surface area (Å²) in [7, 11) is 1.83. The van der Waals surface area contributed by atoms with Crippen molar-refractivity contribution < 1.29 is 9.53 Å². The molecule has 0 aliphatic rings. The predicted octanol–water partition coefficient (Wildman–Crippen LogP) is 6.97. The first kappa shape index (κ1) is 24.0. The van der Waals surface area contributed by atoms with E-state index in [1.54, 1.807) is 24.5 Å². The van der Waals surface area contributed by atoms with E-state index < -0.39 is 0 Å². The first-order valence-electron chi connectivity index (χ1n) is 11.7. The average molecular weight is 467 g/mol. The van der Waals surface area contributed by atoms with Gasteiger partial charge in [-0.05, 0) is 84.5 Å². The fourth-order valence-electron chi connectivity index (χ4n) is 3.71. The number of anilines is 2. The van der Waals surface area contributed by atoms with Gasteiger partial charge in [-0.1, -0.05) is 32.0 Å². The molecule has 0 radical (unpaired) electrons. The van der Waals surface area contributed by atoms with Crippen LogP contribution in [-0.4, -0.2) is 22.9 Å². The molecule has 0 aliphatic heterocycles. The van der Waals surface area contributed by atoms with Crippen molar-refractivity contribution in [3.8, 4) is 22.8 Å². The van der Waals surface area contributed by atoms with Crippen LogP contribution in [0.25, 0.3) is 11.1 Å². The van der Waals surface area contributed by atoms with Crippen molar-refractivity contribution in [2.45, 2.75) is 33.6 Å². The second-order valence-corrected chi connectivity index (χ2v) is 8.80. The maximum Gasteiger partial charge on any atom is 0.255 e. The lowest BCUT2D eigenvalue weighted by Gasteiger charge is -2.15. The highest BCUT2D eigenvalue weighted by molar-refractivity contribution is 6.05. The van der Waals surface area contributed by atoms with Crippen molar-refractivity contribution >= 4 is 17.4 Å². The Morgan fingerprint density at radius 3 is 2.49 bits per heavy atom. The van der Waals surface area contributed by atoms with Gasteiger partial charge in [-0.25, -0.2) is 9.97 Å². The van der Waals surface area contributed by atoms with Crippen LogP contribution in [0.1, 0.15) is 46.8 Å². The van der Waals surface area contributed by atoms with Crippen LogP contribution in [0.15, 0.2) is 73.1 Å². The lowest BCUT2D eigenvalue weighted by Crippen LogP contribution is -2.13. The van der Waals surface area contributed by atoms with Gasteiger partial charge in [0.25, 0.3) is 5.91 Å². The number of ether oxygens (including phenoxy) is 1. The van der Waals surface area contributed by atoms with Gasteiger partial charge in [0, 0.05) is 36.3 Å². The minimum Gasteiger partial charge on any atom is -0.438 e. The van der Waals surface area contributed by atoms with Gasteiger partial charge < -0.3 is 15.4 Å². The monoisotopic (exact) mass is 466 g/mol. The van der Waals surface area contributed by atoms with Gasteiger partial charge in [0.1, 0.15) is 11.6 Å². The van der Waals surface area contributed by atoms with E-state index in [1.165, 1.54) is 5.56 Å². The van der Waals surface area contributed by atoms with Crippen LogP contribution in [0, 0.1) is 13.8 Å². The first-order valence-corrected chi connectivity index (χ1v) is 11.7. The summed E-state index contributed by atoms with van der Waals surface area (Å²) in [6.45, 7) is 8.21. The summed E-state index contributed by atoms with van der Waals surface area (Å²) < 4.78 is 6.25. The highest BCUT2D eigenvalue weighted by Gasteiger charge is 2.15. The number of pyridine rings is 2. The third kappa shape index (κ3) is 5.49. The fraction of sp³-hybridized carbons (Fsp3) is 0.207. The number of carbonyl (C=O) groups is 1. The molecule has 4 aromatic rings. The molecule has 0 saturated heterocycles. The van der Waals surface area contributed by atoms with Gasteiger partial charge in [0.2, 0.25) is 5.88 Å². The van der Waals surface area contributed by atoms with Gasteiger partial charge in [-0.3, -0.25) is 4.79 Å². The molecule has 2 aromatic heterocycles. The van der Waals surface area contributed by atoms with Crippen LogP contribution in [-0.2, 0) is 0 Å². The number of carbonyl (C=O) groups excluding carboxylic acids is 1. The maximum absolute atomic E-state index is 13.1. The molecule has 178 valence electrons. The second-order valence-electron chi connectivity index (χ2n) is 8.80. The van der Waals surface area contributed by atoms with Crippen molar-refractivity contribution in [3.63, 3.8) is 0 Å². The number of benzene rings is 2. The van der Waals surface area contributed by atoms with Crippen LogP contribution in [0.2, 0.25) is 0 Å². The van der Waals surface area contributed by atoms with E-state index in [2.05, 4.69) is 40.5 Å². The van der Waals surface area contributed by atoms with E-state index in [1.807, 2.05) is 63.4 Å². The van der Waals surface area contributed by atoms with Gasteiger partial charge in [-0.2, -0.15) is 0 Å². The summed E-state index contributed by atoms with van der Waals surface area (Å²) in [5.41, 5.74) is 6.19. The minimum atomic E-state index is -0.187. The SMILES string of the molecule is CNc1cc(-c2cccnc2Oc2cc(C(=O)Nc3cc(C(C)C)ccc3C)ccc2C)ccn1. The van der Waals surface area contributed by atoms with Crippen LogP contribution in [0.4, 0.5) is 11.5 Å². The smallest absolute Gasteiger partial charge is 0.255 e. The number of amides is 1. The Morgan fingerprint density at radius 1 is 0.914 bits per heavy atom. The Labute approximate surface area is 206 Å². The number of hydrogen-bond donors (Lipinski definition) is 2. The molecule has 0 bridgehead atoms. The third-order valence-electron chi connectivity index (χ3n) is 5.93. The Kier molecular flexibility index (Phi) is 7.11. The topological polar surface area (TPSA) is 76.1 Å². The molecule has 0 fully saturated rings. The van der Waals surface area contributed by atoms with Gasteiger partial charge in [0.05, 0.1) is 0 Å². The summed E-state index contributed by atoms with van der Waals surface area (Å²) >= 11 is 0. The number of nitrogens with one attached hydrogen (secondary N) is 2. The highest BCUT2D eigenvalue weighted by atomic mass is 16.5. The standard InChI is InChI=1S/C29H30N4O2/c1-18(2)21-10-8-19(3)25(15-21)33-28(34)23-11-9-20(4)26(16-23)35-29-24(7-6-13-32-29)22-12-14-31-27(17-22)30-5/h6-18H,1-5H3,(H,30,31)(H,33,34). The molecule has 4 rings (SSSR count). The zero-order valence-corrected chi connectivity index (χ0v) is 20.7. The maximum atomic E-state index is 13.1. The molecule has 2 aromatic carbocycles. The number of aromatic nitrogens is 2. The number of nitrogens with zero attached hydrogens (tertiary/aromatic N) is 2. The molecule has 0 aliphatic carbocycles. The summed E-state index contributed by atoms with van der Waals surface area (Å²) in [5.74, 6) is 1.98. The molecular formula is C29H30N4O2. The van der Waals surface area contributed by atoms with E-state index in [4.69, 9.17) is 4.74 Å². The molecule has 2 N–H and O–H groups in total. The van der Waals surface area contributed by atoms with Crippen molar-refractivity contribution in [1.82, 2.24) is 9.97 Å². The first-order chi connectivity index (χ1) is 16.9. The lowest BCUT2D eigenvalue weighted by atomic mass is 10.0. The van der Waals surface area contributed by atoms with Gasteiger partial charge in [-0.15, -0.1) is 0 Å². The highest BCUT2D eigenvalue weighted by Crippen LogP contribution is 2.34. The summed E-state index contributed by atoms with van der Waals surface area (Å²) in [5, 5.41) is 6.11. The van der Waals surface area contributed by atoms with Crippen molar-refractivity contribution in [1.29, 1.82) is 0 Å². The Balaban J connectivity index is 1.62. The molecule has 2 heterocycles. The van der Waals surface area contributed by atoms with Gasteiger partial charge >= 0.3 is 0 Å². The van der Waals surface area contributed by atoms with Crippen molar-refractivity contribution in [3.05, 3.63) is 95.3 Å². The number of rotatable bonds is 7. The second kappa shape index (κ2) is 10.4. The third-order valence-corrected chi connectivity index (χ3v) is 5.93. The lowest BCUT2D eigenvalue weighted by molar-refractivity contribution is 0.102. The molecule has 0 saturated carbocycles. The zero-order chi connectivity index (χ0) is 24.9. The van der Waals surface area contributed by atoms with E-state index in [-0.39, 0.29) is 5.91 Å². The summed E-state index contributed by atoms with van der Waals surface area (Å²) in [6, 6.07) is 19.3. The normalized spacial score (nSPS) is 10.8. The Bertz CT molecular complexity index is 1360. The molecular weight excluding hydrogens is 436 g/mol. The summed E-state index contributed by atoms with van der Waals surface area (Å²) in [4.78, 5) is 21.9. The van der Waals surface area contributed by atoms with Crippen molar-refractivity contribution in [2.75, 3.05) is 17.7 Å². The molecule has 0 unspecified atom stereocenters. The van der Waals surface area contributed by atoms with E-state index in [0.717, 1.165) is 33.8 Å². The van der Waals surface area contributed by atoms with Gasteiger partial charge in [0.15, 0.2) is 0 Å². The molecule has 6 nitrogen and oxygen atoms in total. The van der Waals surface area contributed by atoms with E-state index in [9.17, 15) is 4.79 Å². The van der Waals surface area contributed by atoms with Crippen LogP contribution in [0.3, 0.4) is 0 Å². The summed E-state index contributed by atoms with van der Waals surface area (Å²) in [6.07, 6.45) is 3.43. The van der Waals surface area contributed by atoms with Crippen molar-refractivity contribution in [2.24, 2.45) is 0 Å². The molecule has 0 spiro atoms. The molecule has 1 amide bonds. The molecule has 0 atom stereocenters. The van der Waals surface area contributed by atoms with Crippen LogP contribution >= 0.6 is 0 Å². The van der Waals surface area contributed by atoms with E-state index in [0.29, 0.717) is 23.1 Å². The fourth-order valence-corrected chi connectivity index (χ4v) is 3.71. The largest absolute Gasteiger partial charge is 0.438 e. The Hall–Kier alpha value is -4.19. The number of aryl methyl sites for hydroxylation is 2. The quantitative estimate of drug-likeness (QED) is 0.308. The zero-order valence-electron chi connectivity index (χ0n) is 20.7. The Morgan fingerprint density at radius 2 is 1.71 bits per heavy atom. The predicted molar refractivity (Wildman–Crippen MR) is 141 cm³/mol. The molecule has 6 heteroatoms. The average Bonchev–Trinajstić information content (AvgIpc) is 2.86.